The Balaban J connectivity index is 1.40. The van der Waals surface area contributed by atoms with E-state index >= 15 is 0 Å². The van der Waals surface area contributed by atoms with Gasteiger partial charge in [-0.25, -0.2) is 9.50 Å². The molecule has 1 amide bonds. The van der Waals surface area contributed by atoms with Crippen molar-refractivity contribution in [2.75, 3.05) is 31.6 Å². The SMILES string of the molecule is COC1CC(Cl)CC(C(=O)N2CCCC[C@H]2c2cc3nc(N4CC[C@H](N)C4)c(C)cn3n2)C1. The summed E-state index contributed by atoms with van der Waals surface area (Å²) in [5.74, 6) is 1.09. The van der Waals surface area contributed by atoms with Crippen molar-refractivity contribution in [2.45, 2.75) is 75.4 Å². The molecule has 2 aromatic heterocycles. The van der Waals surface area contributed by atoms with E-state index in [0.29, 0.717) is 0 Å². The number of nitrogens with zero attached hydrogens (tertiary/aromatic N) is 5. The van der Waals surface area contributed by atoms with Crippen molar-refractivity contribution in [1.29, 1.82) is 0 Å². The van der Waals surface area contributed by atoms with Crippen LogP contribution in [0.15, 0.2) is 12.3 Å². The monoisotopic (exact) mass is 474 g/mol. The number of hydrogen-bond donors (Lipinski definition) is 1. The average Bonchev–Trinajstić information content (AvgIpc) is 3.43. The molecule has 2 aliphatic heterocycles. The van der Waals surface area contributed by atoms with E-state index in [1.54, 1.807) is 7.11 Å². The first kappa shape index (κ1) is 22.9. The highest BCUT2D eigenvalue weighted by atomic mass is 35.5. The number of fused-ring (bicyclic) bond motifs is 1. The van der Waals surface area contributed by atoms with Crippen molar-refractivity contribution in [3.05, 3.63) is 23.5 Å². The van der Waals surface area contributed by atoms with E-state index in [-0.39, 0.29) is 35.4 Å². The Hall–Kier alpha value is -1.90. The molecule has 1 saturated carbocycles. The Labute approximate surface area is 200 Å². The van der Waals surface area contributed by atoms with Crippen LogP contribution in [0, 0.1) is 12.8 Å². The van der Waals surface area contributed by atoms with Crippen LogP contribution in [-0.4, -0.2) is 69.7 Å². The number of piperidine rings is 1. The molecular formula is C24H35ClN6O2. The topological polar surface area (TPSA) is 89.0 Å². The predicted molar refractivity (Wildman–Crippen MR) is 129 cm³/mol. The Morgan fingerprint density at radius 2 is 2.06 bits per heavy atom. The largest absolute Gasteiger partial charge is 0.381 e. The van der Waals surface area contributed by atoms with Crippen LogP contribution >= 0.6 is 11.6 Å². The van der Waals surface area contributed by atoms with Crippen LogP contribution in [0.5, 0.6) is 0 Å². The second kappa shape index (κ2) is 9.39. The predicted octanol–water partition coefficient (Wildman–Crippen LogP) is 3.05. The minimum Gasteiger partial charge on any atom is -0.381 e. The number of anilines is 1. The zero-order valence-corrected chi connectivity index (χ0v) is 20.4. The van der Waals surface area contributed by atoms with Gasteiger partial charge in [-0.05, 0) is 51.9 Å². The lowest BCUT2D eigenvalue weighted by Gasteiger charge is -2.39. The number of aromatic nitrogens is 3. The highest BCUT2D eigenvalue weighted by Crippen LogP contribution is 2.37. The van der Waals surface area contributed by atoms with Crippen molar-refractivity contribution in [3.8, 4) is 0 Å². The minimum atomic E-state index is -0.0878. The van der Waals surface area contributed by atoms with Gasteiger partial charge >= 0.3 is 0 Å². The number of carbonyl (C=O) groups excluding carboxylic acids is 1. The van der Waals surface area contributed by atoms with Gasteiger partial charge in [0.1, 0.15) is 5.82 Å². The molecule has 2 saturated heterocycles. The number of likely N-dealkylation sites (tertiary alicyclic amines) is 1. The van der Waals surface area contributed by atoms with Gasteiger partial charge in [0.25, 0.3) is 0 Å². The third-order valence-corrected chi connectivity index (χ3v) is 7.92. The van der Waals surface area contributed by atoms with E-state index in [1.165, 1.54) is 0 Å². The van der Waals surface area contributed by atoms with Gasteiger partial charge in [0.15, 0.2) is 5.65 Å². The molecule has 1 aliphatic carbocycles. The van der Waals surface area contributed by atoms with Crippen LogP contribution in [0.25, 0.3) is 5.65 Å². The van der Waals surface area contributed by atoms with E-state index in [4.69, 9.17) is 32.2 Å². The summed E-state index contributed by atoms with van der Waals surface area (Å²) in [5, 5.41) is 4.86. The van der Waals surface area contributed by atoms with Gasteiger partial charge in [0.05, 0.1) is 17.8 Å². The molecule has 5 atom stereocenters. The first-order chi connectivity index (χ1) is 15.9. The van der Waals surface area contributed by atoms with Crippen molar-refractivity contribution < 1.29 is 9.53 Å². The third-order valence-electron chi connectivity index (χ3n) is 7.56. The number of alkyl halides is 1. The molecule has 3 fully saturated rings. The number of aryl methyl sites for hydroxylation is 1. The van der Waals surface area contributed by atoms with Crippen molar-refractivity contribution >= 4 is 29.0 Å². The Morgan fingerprint density at radius 3 is 2.82 bits per heavy atom. The van der Waals surface area contributed by atoms with Crippen LogP contribution < -0.4 is 10.6 Å². The number of rotatable bonds is 4. The molecular weight excluding hydrogens is 440 g/mol. The van der Waals surface area contributed by atoms with E-state index in [9.17, 15) is 4.79 Å². The summed E-state index contributed by atoms with van der Waals surface area (Å²) in [6, 6.07) is 2.24. The van der Waals surface area contributed by atoms with Crippen LogP contribution in [0.3, 0.4) is 0 Å². The summed E-state index contributed by atoms with van der Waals surface area (Å²) < 4.78 is 7.42. The van der Waals surface area contributed by atoms with Gasteiger partial charge in [-0.2, -0.15) is 5.10 Å². The first-order valence-corrected chi connectivity index (χ1v) is 12.7. The lowest BCUT2D eigenvalue weighted by Crippen LogP contribution is -2.45. The summed E-state index contributed by atoms with van der Waals surface area (Å²) in [4.78, 5) is 22.9. The number of nitrogens with two attached hydrogens (primary N) is 1. The minimum absolute atomic E-state index is 0.0135. The molecule has 33 heavy (non-hydrogen) atoms. The van der Waals surface area contributed by atoms with Crippen LogP contribution in [0.2, 0.25) is 0 Å². The van der Waals surface area contributed by atoms with Crippen molar-refractivity contribution in [1.82, 2.24) is 19.5 Å². The van der Waals surface area contributed by atoms with Gasteiger partial charge in [0.2, 0.25) is 5.91 Å². The van der Waals surface area contributed by atoms with Crippen LogP contribution in [-0.2, 0) is 9.53 Å². The van der Waals surface area contributed by atoms with E-state index < -0.39 is 0 Å². The second-order valence-corrected chi connectivity index (χ2v) is 10.6. The molecule has 0 spiro atoms. The fraction of sp³-hybridized carbons (Fsp3) is 0.708. The van der Waals surface area contributed by atoms with Gasteiger partial charge in [-0.15, -0.1) is 11.6 Å². The first-order valence-electron chi connectivity index (χ1n) is 12.3. The van der Waals surface area contributed by atoms with Gasteiger partial charge in [-0.3, -0.25) is 4.79 Å². The zero-order chi connectivity index (χ0) is 23.1. The maximum Gasteiger partial charge on any atom is 0.226 e. The van der Waals surface area contributed by atoms with Crippen molar-refractivity contribution in [3.63, 3.8) is 0 Å². The summed E-state index contributed by atoms with van der Waals surface area (Å²) in [7, 11) is 1.71. The highest BCUT2D eigenvalue weighted by Gasteiger charge is 2.38. The molecule has 5 rings (SSSR count). The average molecular weight is 475 g/mol. The van der Waals surface area contributed by atoms with Gasteiger partial charge in [-0.1, -0.05) is 0 Å². The van der Waals surface area contributed by atoms with E-state index in [0.717, 1.165) is 87.3 Å². The van der Waals surface area contributed by atoms with Gasteiger partial charge < -0.3 is 20.3 Å². The molecule has 2 N–H and O–H groups in total. The molecule has 3 aliphatic rings. The highest BCUT2D eigenvalue weighted by molar-refractivity contribution is 6.20. The number of halogens is 1. The Bertz CT molecular complexity index is 1010. The molecule has 3 unspecified atom stereocenters. The van der Waals surface area contributed by atoms with Crippen LogP contribution in [0.1, 0.15) is 62.2 Å². The number of amides is 1. The quantitative estimate of drug-likeness (QED) is 0.685. The maximum absolute atomic E-state index is 13.6. The molecule has 8 nitrogen and oxygen atoms in total. The molecule has 2 aromatic rings. The summed E-state index contributed by atoms with van der Waals surface area (Å²) in [5.41, 5.74) is 8.95. The number of carbonyl (C=O) groups is 1. The van der Waals surface area contributed by atoms with Gasteiger partial charge in [0, 0.05) is 61.9 Å². The molecule has 9 heteroatoms. The smallest absolute Gasteiger partial charge is 0.226 e. The summed E-state index contributed by atoms with van der Waals surface area (Å²) in [6.07, 6.45) is 8.41. The second-order valence-electron chi connectivity index (χ2n) is 10.0. The Morgan fingerprint density at radius 1 is 1.21 bits per heavy atom. The Kier molecular flexibility index (Phi) is 6.51. The van der Waals surface area contributed by atoms with Crippen LogP contribution in [0.4, 0.5) is 5.82 Å². The summed E-state index contributed by atoms with van der Waals surface area (Å²) >= 11 is 6.48. The molecule has 0 radical (unpaired) electrons. The van der Waals surface area contributed by atoms with E-state index in [1.807, 2.05) is 15.6 Å². The lowest BCUT2D eigenvalue weighted by molar-refractivity contribution is -0.142. The summed E-state index contributed by atoms with van der Waals surface area (Å²) in [6.45, 7) is 4.60. The number of ether oxygens (including phenoxy) is 1. The number of hydrogen-bond acceptors (Lipinski definition) is 6. The molecule has 0 bridgehead atoms. The molecule has 4 heterocycles. The third kappa shape index (κ3) is 4.57. The van der Waals surface area contributed by atoms with Crippen molar-refractivity contribution in [2.24, 2.45) is 11.7 Å². The normalized spacial score (nSPS) is 30.8. The number of methoxy groups -OCH3 is 1. The lowest BCUT2D eigenvalue weighted by atomic mass is 9.84. The fourth-order valence-electron chi connectivity index (χ4n) is 5.81. The molecule has 0 aromatic carbocycles. The molecule has 180 valence electrons. The fourth-order valence-corrected chi connectivity index (χ4v) is 6.23. The standard InChI is InChI=1S/C24H35ClN6O2/c1-15-13-31-22(27-23(15)29-8-6-18(26)14-29)12-20(28-31)21-5-3-4-7-30(21)24(32)16-9-17(25)11-19(10-16)33-2/h12-13,16-19,21H,3-11,14,26H2,1-2H3/t16?,17?,18-,19?,21-/m0/s1. The van der Waals surface area contributed by atoms with E-state index in [2.05, 4.69) is 17.9 Å². The maximum atomic E-state index is 13.6. The zero-order valence-electron chi connectivity index (χ0n) is 19.6.